The van der Waals surface area contributed by atoms with Gasteiger partial charge in [-0.25, -0.2) is 4.98 Å². The number of piperazine rings is 1. The van der Waals surface area contributed by atoms with E-state index in [1.807, 2.05) is 27.0 Å². The Bertz CT molecular complexity index is 878. The van der Waals surface area contributed by atoms with E-state index in [-0.39, 0.29) is 24.5 Å². The molecular formula is C20H28N4O4. The van der Waals surface area contributed by atoms with Gasteiger partial charge in [-0.05, 0) is 31.5 Å². The molecule has 0 aliphatic carbocycles. The van der Waals surface area contributed by atoms with Gasteiger partial charge in [0.05, 0.1) is 11.0 Å². The highest BCUT2D eigenvalue weighted by atomic mass is 16.3. The van der Waals surface area contributed by atoms with Gasteiger partial charge in [-0.3, -0.25) is 9.59 Å². The predicted molar refractivity (Wildman–Crippen MR) is 105 cm³/mol. The number of benzene rings is 1. The number of aliphatic hydroxyl groups excluding tert-OH is 2. The number of amides is 2. The van der Waals surface area contributed by atoms with Crippen molar-refractivity contribution in [3.8, 4) is 0 Å². The monoisotopic (exact) mass is 388 g/mol. The van der Waals surface area contributed by atoms with Gasteiger partial charge in [0.1, 0.15) is 18.5 Å². The number of fused-ring (bicyclic) bond motifs is 1. The summed E-state index contributed by atoms with van der Waals surface area (Å²) < 4.78 is 1.80. The molecule has 2 aromatic rings. The van der Waals surface area contributed by atoms with E-state index < -0.39 is 6.10 Å². The molecule has 1 aliphatic rings. The summed E-state index contributed by atoms with van der Waals surface area (Å²) in [6.07, 6.45) is 0.222. The molecule has 2 N–H and O–H groups in total. The summed E-state index contributed by atoms with van der Waals surface area (Å²) in [5, 5.41) is 19.4. The molecular weight excluding hydrogens is 360 g/mol. The van der Waals surface area contributed by atoms with Crippen LogP contribution in [0.5, 0.6) is 0 Å². The summed E-state index contributed by atoms with van der Waals surface area (Å²) in [6, 6.07) is 5.18. The highest BCUT2D eigenvalue weighted by Crippen LogP contribution is 2.20. The maximum Gasteiger partial charge on any atom is 0.254 e. The minimum Gasteiger partial charge on any atom is -0.388 e. The third-order valence-corrected chi connectivity index (χ3v) is 5.41. The second-order valence-electron chi connectivity index (χ2n) is 7.38. The molecule has 0 bridgehead atoms. The molecule has 1 aliphatic heterocycles. The number of hydrogen-bond acceptors (Lipinski definition) is 5. The smallest absolute Gasteiger partial charge is 0.254 e. The van der Waals surface area contributed by atoms with E-state index in [1.165, 1.54) is 0 Å². The SMILES string of the molecule is CCC[C@H](O)C(=O)N1CCN(C(=O)c2ccc3c(c2)nc(CO)n3C)C[C@H]1C. The lowest BCUT2D eigenvalue weighted by Crippen LogP contribution is -2.57. The maximum absolute atomic E-state index is 13.0. The fourth-order valence-corrected chi connectivity index (χ4v) is 3.76. The Balaban J connectivity index is 1.72. The summed E-state index contributed by atoms with van der Waals surface area (Å²) in [6.45, 7) is 4.92. The van der Waals surface area contributed by atoms with Gasteiger partial charge >= 0.3 is 0 Å². The number of carbonyl (C=O) groups excluding carboxylic acids is 2. The Morgan fingerprint density at radius 1 is 1.32 bits per heavy atom. The topological polar surface area (TPSA) is 98.9 Å². The molecule has 152 valence electrons. The molecule has 0 radical (unpaired) electrons. The number of hydrogen-bond donors (Lipinski definition) is 2. The lowest BCUT2D eigenvalue weighted by atomic mass is 10.1. The summed E-state index contributed by atoms with van der Waals surface area (Å²) in [4.78, 5) is 33.1. The lowest BCUT2D eigenvalue weighted by Gasteiger charge is -2.40. The first-order chi connectivity index (χ1) is 13.4. The Labute approximate surface area is 164 Å². The van der Waals surface area contributed by atoms with Crippen molar-refractivity contribution in [3.05, 3.63) is 29.6 Å². The van der Waals surface area contributed by atoms with Crippen molar-refractivity contribution in [1.29, 1.82) is 0 Å². The molecule has 8 heteroatoms. The molecule has 2 amide bonds. The summed E-state index contributed by atoms with van der Waals surface area (Å²) in [7, 11) is 1.83. The van der Waals surface area contributed by atoms with Crippen molar-refractivity contribution < 1.29 is 19.8 Å². The number of aryl methyl sites for hydroxylation is 1. The number of rotatable bonds is 5. The second kappa shape index (κ2) is 8.28. The molecule has 0 saturated carbocycles. The van der Waals surface area contributed by atoms with E-state index in [1.54, 1.807) is 26.5 Å². The molecule has 1 aromatic heterocycles. The number of aliphatic hydroxyl groups is 2. The fraction of sp³-hybridized carbons (Fsp3) is 0.550. The standard InChI is InChI=1S/C20H28N4O4/c1-4-5-17(26)20(28)24-9-8-23(11-13(24)2)19(27)14-6-7-16-15(10-14)21-18(12-25)22(16)3/h6-7,10,13,17,25-26H,4-5,8-9,11-12H2,1-3H3/t13-,17+/m1/s1. The minimum atomic E-state index is -0.970. The van der Waals surface area contributed by atoms with Crippen molar-refractivity contribution in [2.45, 2.75) is 45.4 Å². The van der Waals surface area contributed by atoms with Gasteiger partial charge in [-0.2, -0.15) is 0 Å². The number of carbonyl (C=O) groups is 2. The van der Waals surface area contributed by atoms with Crippen LogP contribution in [0.25, 0.3) is 11.0 Å². The Morgan fingerprint density at radius 2 is 2.07 bits per heavy atom. The molecule has 8 nitrogen and oxygen atoms in total. The van der Waals surface area contributed by atoms with Crippen LogP contribution in [-0.2, 0) is 18.4 Å². The molecule has 0 unspecified atom stereocenters. The molecule has 28 heavy (non-hydrogen) atoms. The summed E-state index contributed by atoms with van der Waals surface area (Å²) >= 11 is 0. The van der Waals surface area contributed by atoms with Crippen molar-refractivity contribution in [2.24, 2.45) is 7.05 Å². The van der Waals surface area contributed by atoms with Gasteiger partial charge in [0.25, 0.3) is 11.8 Å². The zero-order valence-corrected chi connectivity index (χ0v) is 16.6. The van der Waals surface area contributed by atoms with Crippen LogP contribution in [0.15, 0.2) is 18.2 Å². The first-order valence-corrected chi connectivity index (χ1v) is 9.71. The predicted octanol–water partition coefficient (Wildman–Crippen LogP) is 0.899. The zero-order valence-electron chi connectivity index (χ0n) is 16.6. The van der Waals surface area contributed by atoms with Crippen LogP contribution in [0.1, 0.15) is 42.9 Å². The average Bonchev–Trinajstić information content (AvgIpc) is 3.02. The first kappa shape index (κ1) is 20.3. The largest absolute Gasteiger partial charge is 0.388 e. The van der Waals surface area contributed by atoms with Gasteiger partial charge in [-0.15, -0.1) is 0 Å². The fourth-order valence-electron chi connectivity index (χ4n) is 3.76. The number of aromatic nitrogens is 2. The summed E-state index contributed by atoms with van der Waals surface area (Å²) in [5.74, 6) is 0.185. The van der Waals surface area contributed by atoms with E-state index in [4.69, 9.17) is 0 Å². The van der Waals surface area contributed by atoms with Crippen LogP contribution < -0.4 is 0 Å². The third kappa shape index (κ3) is 3.74. The van der Waals surface area contributed by atoms with E-state index in [0.717, 1.165) is 11.9 Å². The Hall–Kier alpha value is -2.45. The molecule has 1 aromatic carbocycles. The van der Waals surface area contributed by atoms with Gasteiger partial charge < -0.3 is 24.6 Å². The van der Waals surface area contributed by atoms with E-state index >= 15 is 0 Å². The van der Waals surface area contributed by atoms with E-state index in [9.17, 15) is 19.8 Å². The normalized spacial score (nSPS) is 18.5. The summed E-state index contributed by atoms with van der Waals surface area (Å²) in [5.41, 5.74) is 2.06. The highest BCUT2D eigenvalue weighted by molar-refractivity contribution is 5.97. The van der Waals surface area contributed by atoms with Crippen LogP contribution in [0, 0.1) is 0 Å². The maximum atomic E-state index is 13.0. The lowest BCUT2D eigenvalue weighted by molar-refractivity contribution is -0.144. The van der Waals surface area contributed by atoms with Gasteiger partial charge in [-0.1, -0.05) is 13.3 Å². The van der Waals surface area contributed by atoms with E-state index in [2.05, 4.69) is 4.98 Å². The average molecular weight is 388 g/mol. The zero-order chi connectivity index (χ0) is 20.4. The Kier molecular flexibility index (Phi) is 6.00. The quantitative estimate of drug-likeness (QED) is 0.793. The van der Waals surface area contributed by atoms with Crippen LogP contribution in [0.3, 0.4) is 0 Å². The second-order valence-corrected chi connectivity index (χ2v) is 7.38. The number of imidazole rings is 1. The van der Waals surface area contributed by atoms with Crippen molar-refractivity contribution in [3.63, 3.8) is 0 Å². The van der Waals surface area contributed by atoms with E-state index in [0.29, 0.717) is 43.0 Å². The molecule has 1 saturated heterocycles. The first-order valence-electron chi connectivity index (χ1n) is 9.71. The van der Waals surface area contributed by atoms with Gasteiger partial charge in [0, 0.05) is 38.3 Å². The van der Waals surface area contributed by atoms with Crippen LogP contribution >= 0.6 is 0 Å². The Morgan fingerprint density at radius 3 is 2.71 bits per heavy atom. The highest BCUT2D eigenvalue weighted by Gasteiger charge is 2.32. The molecule has 2 atom stereocenters. The van der Waals surface area contributed by atoms with Crippen LogP contribution in [0.2, 0.25) is 0 Å². The molecule has 3 rings (SSSR count). The number of nitrogens with zero attached hydrogens (tertiary/aromatic N) is 4. The van der Waals surface area contributed by atoms with Gasteiger partial charge in [0.15, 0.2) is 0 Å². The molecule has 0 spiro atoms. The van der Waals surface area contributed by atoms with Crippen molar-refractivity contribution >= 4 is 22.8 Å². The van der Waals surface area contributed by atoms with Crippen molar-refractivity contribution in [2.75, 3.05) is 19.6 Å². The molecule has 2 heterocycles. The minimum absolute atomic E-state index is 0.105. The third-order valence-electron chi connectivity index (χ3n) is 5.41. The molecule has 1 fully saturated rings. The van der Waals surface area contributed by atoms with Crippen LogP contribution in [-0.4, -0.2) is 73.2 Å². The van der Waals surface area contributed by atoms with Crippen molar-refractivity contribution in [1.82, 2.24) is 19.4 Å². The van der Waals surface area contributed by atoms with Crippen LogP contribution in [0.4, 0.5) is 0 Å². The van der Waals surface area contributed by atoms with Gasteiger partial charge in [0.2, 0.25) is 0 Å².